The lowest BCUT2D eigenvalue weighted by atomic mass is 9.96. The molecule has 3 heteroatoms. The topological polar surface area (TPSA) is 51.2 Å². The van der Waals surface area contributed by atoms with Crippen molar-refractivity contribution >= 4 is 0 Å². The van der Waals surface area contributed by atoms with E-state index in [-0.39, 0.29) is 6.04 Å². The van der Waals surface area contributed by atoms with Crippen LogP contribution < -0.4 is 11.3 Å². The van der Waals surface area contributed by atoms with Gasteiger partial charge in [-0.15, -0.1) is 0 Å². The molecule has 1 saturated carbocycles. The highest BCUT2D eigenvalue weighted by molar-refractivity contribution is 5.10. The summed E-state index contributed by atoms with van der Waals surface area (Å²) in [6.07, 6.45) is 11.5. The molecule has 1 aromatic heterocycles. The molecule has 3 N–H and O–H groups in total. The summed E-state index contributed by atoms with van der Waals surface area (Å²) in [4.78, 5) is 0. The molecule has 84 valence electrons. The van der Waals surface area contributed by atoms with Crippen LogP contribution in [0.3, 0.4) is 0 Å². The zero-order valence-corrected chi connectivity index (χ0v) is 9.11. The lowest BCUT2D eigenvalue weighted by Gasteiger charge is -2.16. The van der Waals surface area contributed by atoms with Gasteiger partial charge in [-0.25, -0.2) is 0 Å². The minimum absolute atomic E-state index is 0.254. The Balaban J connectivity index is 1.80. The van der Waals surface area contributed by atoms with Crippen LogP contribution >= 0.6 is 0 Å². The molecule has 1 aliphatic rings. The third-order valence-corrected chi connectivity index (χ3v) is 3.49. The third kappa shape index (κ3) is 2.83. The zero-order chi connectivity index (χ0) is 10.5. The highest BCUT2D eigenvalue weighted by Crippen LogP contribution is 2.31. The second-order valence-electron chi connectivity index (χ2n) is 4.50. The standard InChI is InChI=1S/C12H20N2O/c13-14-12(11-7-8-15-9-11)6-5-10-3-1-2-4-10/h7-10,12,14H,1-6,13H2. The van der Waals surface area contributed by atoms with E-state index in [4.69, 9.17) is 10.3 Å². The van der Waals surface area contributed by atoms with E-state index in [2.05, 4.69) is 5.43 Å². The second kappa shape index (κ2) is 5.33. The van der Waals surface area contributed by atoms with Gasteiger partial charge in [0.2, 0.25) is 0 Å². The van der Waals surface area contributed by atoms with Gasteiger partial charge in [-0.05, 0) is 24.8 Å². The largest absolute Gasteiger partial charge is 0.472 e. The van der Waals surface area contributed by atoms with Crippen molar-refractivity contribution in [3.8, 4) is 0 Å². The average Bonchev–Trinajstić information content (AvgIpc) is 2.90. The molecule has 0 radical (unpaired) electrons. The van der Waals surface area contributed by atoms with E-state index >= 15 is 0 Å². The summed E-state index contributed by atoms with van der Waals surface area (Å²) >= 11 is 0. The molecule has 1 aliphatic carbocycles. The number of nitrogens with two attached hydrogens (primary N) is 1. The number of rotatable bonds is 5. The summed E-state index contributed by atoms with van der Waals surface area (Å²) in [5, 5.41) is 0. The number of furan rings is 1. The van der Waals surface area contributed by atoms with Crippen LogP contribution in [-0.4, -0.2) is 0 Å². The Hall–Kier alpha value is -0.800. The predicted molar refractivity (Wildman–Crippen MR) is 60.0 cm³/mol. The van der Waals surface area contributed by atoms with Gasteiger partial charge in [0.05, 0.1) is 12.5 Å². The van der Waals surface area contributed by atoms with E-state index in [1.807, 2.05) is 6.07 Å². The van der Waals surface area contributed by atoms with Gasteiger partial charge in [-0.3, -0.25) is 11.3 Å². The molecule has 0 amide bonds. The Morgan fingerprint density at radius 3 is 2.87 bits per heavy atom. The molecule has 0 spiro atoms. The lowest BCUT2D eigenvalue weighted by molar-refractivity contribution is 0.414. The SMILES string of the molecule is NNC(CCC1CCCC1)c1ccoc1. The molecule has 1 fully saturated rings. The number of hydrogen-bond donors (Lipinski definition) is 2. The minimum Gasteiger partial charge on any atom is -0.472 e. The van der Waals surface area contributed by atoms with Crippen molar-refractivity contribution in [3.05, 3.63) is 24.2 Å². The van der Waals surface area contributed by atoms with E-state index in [1.54, 1.807) is 12.5 Å². The van der Waals surface area contributed by atoms with Crippen molar-refractivity contribution in [3.63, 3.8) is 0 Å². The number of hydrazine groups is 1. The Kier molecular flexibility index (Phi) is 3.80. The molecule has 1 heterocycles. The molecule has 0 aromatic carbocycles. The van der Waals surface area contributed by atoms with Crippen LogP contribution in [0.5, 0.6) is 0 Å². The monoisotopic (exact) mass is 208 g/mol. The van der Waals surface area contributed by atoms with E-state index in [1.165, 1.54) is 32.1 Å². The summed E-state index contributed by atoms with van der Waals surface area (Å²) in [6.45, 7) is 0. The highest BCUT2D eigenvalue weighted by Gasteiger charge is 2.18. The second-order valence-corrected chi connectivity index (χ2v) is 4.50. The van der Waals surface area contributed by atoms with Crippen molar-refractivity contribution in [2.45, 2.75) is 44.6 Å². The van der Waals surface area contributed by atoms with Gasteiger partial charge in [-0.1, -0.05) is 25.7 Å². The van der Waals surface area contributed by atoms with Crippen molar-refractivity contribution in [1.82, 2.24) is 5.43 Å². The predicted octanol–water partition coefficient (Wildman–Crippen LogP) is 2.75. The van der Waals surface area contributed by atoms with Gasteiger partial charge < -0.3 is 4.42 Å². The number of hydrogen-bond acceptors (Lipinski definition) is 3. The summed E-state index contributed by atoms with van der Waals surface area (Å²) in [7, 11) is 0. The van der Waals surface area contributed by atoms with Crippen LogP contribution in [0, 0.1) is 5.92 Å². The van der Waals surface area contributed by atoms with Crippen molar-refractivity contribution < 1.29 is 4.42 Å². The molecular weight excluding hydrogens is 188 g/mol. The van der Waals surface area contributed by atoms with Crippen LogP contribution in [0.4, 0.5) is 0 Å². The molecule has 1 aromatic rings. The molecule has 0 bridgehead atoms. The highest BCUT2D eigenvalue weighted by atomic mass is 16.3. The van der Waals surface area contributed by atoms with E-state index in [9.17, 15) is 0 Å². The minimum atomic E-state index is 0.254. The van der Waals surface area contributed by atoms with Crippen molar-refractivity contribution in [2.75, 3.05) is 0 Å². The van der Waals surface area contributed by atoms with Crippen LogP contribution in [-0.2, 0) is 0 Å². The Morgan fingerprint density at radius 1 is 1.47 bits per heavy atom. The maximum Gasteiger partial charge on any atom is 0.0950 e. The normalized spacial score (nSPS) is 19.5. The van der Waals surface area contributed by atoms with E-state index in [0.29, 0.717) is 0 Å². The average molecular weight is 208 g/mol. The van der Waals surface area contributed by atoms with Gasteiger partial charge in [0, 0.05) is 11.6 Å². The summed E-state index contributed by atoms with van der Waals surface area (Å²) in [6, 6.07) is 2.24. The first-order chi connectivity index (χ1) is 7.40. The maximum absolute atomic E-state index is 5.56. The smallest absolute Gasteiger partial charge is 0.0950 e. The van der Waals surface area contributed by atoms with E-state index < -0.39 is 0 Å². The van der Waals surface area contributed by atoms with Crippen LogP contribution in [0.15, 0.2) is 23.0 Å². The Morgan fingerprint density at radius 2 is 2.27 bits per heavy atom. The molecule has 1 unspecified atom stereocenters. The first kappa shape index (κ1) is 10.7. The van der Waals surface area contributed by atoms with Crippen molar-refractivity contribution in [2.24, 2.45) is 11.8 Å². The fourth-order valence-corrected chi connectivity index (χ4v) is 2.52. The lowest BCUT2D eigenvalue weighted by Crippen LogP contribution is -2.28. The Bertz CT molecular complexity index is 265. The molecule has 0 saturated heterocycles. The van der Waals surface area contributed by atoms with Crippen molar-refractivity contribution in [1.29, 1.82) is 0 Å². The van der Waals surface area contributed by atoms with Crippen LogP contribution in [0.25, 0.3) is 0 Å². The fraction of sp³-hybridized carbons (Fsp3) is 0.667. The summed E-state index contributed by atoms with van der Waals surface area (Å²) in [5.41, 5.74) is 4.03. The van der Waals surface area contributed by atoms with Gasteiger partial charge in [0.25, 0.3) is 0 Å². The maximum atomic E-state index is 5.56. The van der Waals surface area contributed by atoms with Crippen LogP contribution in [0.1, 0.15) is 50.1 Å². The summed E-state index contributed by atoms with van der Waals surface area (Å²) in [5.74, 6) is 6.48. The quantitative estimate of drug-likeness (QED) is 0.578. The molecule has 1 atom stereocenters. The zero-order valence-electron chi connectivity index (χ0n) is 9.11. The molecule has 15 heavy (non-hydrogen) atoms. The molecular formula is C12H20N2O. The number of nitrogens with one attached hydrogen (secondary N) is 1. The van der Waals surface area contributed by atoms with Gasteiger partial charge in [0.15, 0.2) is 0 Å². The molecule has 0 aliphatic heterocycles. The first-order valence-electron chi connectivity index (χ1n) is 5.88. The first-order valence-corrected chi connectivity index (χ1v) is 5.88. The summed E-state index contributed by atoms with van der Waals surface area (Å²) < 4.78 is 5.07. The van der Waals surface area contributed by atoms with Gasteiger partial charge in [0.1, 0.15) is 0 Å². The molecule has 2 rings (SSSR count). The Labute approximate surface area is 91.0 Å². The van der Waals surface area contributed by atoms with Crippen LogP contribution in [0.2, 0.25) is 0 Å². The van der Waals surface area contributed by atoms with E-state index in [0.717, 1.165) is 17.9 Å². The van der Waals surface area contributed by atoms with Gasteiger partial charge >= 0.3 is 0 Å². The molecule has 3 nitrogen and oxygen atoms in total. The van der Waals surface area contributed by atoms with Gasteiger partial charge in [-0.2, -0.15) is 0 Å². The third-order valence-electron chi connectivity index (χ3n) is 3.49. The fourth-order valence-electron chi connectivity index (χ4n) is 2.52.